The second-order valence-electron chi connectivity index (χ2n) is 1.88. The second kappa shape index (κ2) is 4.76. The topological polar surface area (TPSA) is 12.0 Å². The van der Waals surface area contributed by atoms with Crippen LogP contribution in [-0.2, 0) is 0 Å². The van der Waals surface area contributed by atoms with Gasteiger partial charge in [0.2, 0.25) is 7.41 Å². The van der Waals surface area contributed by atoms with Gasteiger partial charge in [0, 0.05) is 0 Å². The van der Waals surface area contributed by atoms with E-state index in [1.54, 1.807) is 0 Å². The van der Waals surface area contributed by atoms with Crippen LogP contribution in [0.1, 0.15) is 20.3 Å². The van der Waals surface area contributed by atoms with Crippen molar-refractivity contribution in [3.63, 3.8) is 0 Å². The zero-order valence-electron chi connectivity index (χ0n) is 5.83. The predicted octanol–water partition coefficient (Wildman–Crippen LogP) is 1.29. The van der Waals surface area contributed by atoms with E-state index in [1.165, 1.54) is 6.32 Å². The van der Waals surface area contributed by atoms with Gasteiger partial charge in [-0.1, -0.05) is 26.7 Å². The van der Waals surface area contributed by atoms with Crippen LogP contribution in [0.4, 0.5) is 0 Å². The fourth-order valence-corrected chi connectivity index (χ4v) is 0.427. The highest BCUT2D eigenvalue weighted by atomic mass is 14.8. The summed E-state index contributed by atoms with van der Waals surface area (Å²) in [5, 5.41) is 3.19. The van der Waals surface area contributed by atoms with E-state index in [0.29, 0.717) is 0 Å². The van der Waals surface area contributed by atoms with Gasteiger partial charge in [-0.3, -0.25) is 0 Å². The van der Waals surface area contributed by atoms with Gasteiger partial charge in [-0.2, -0.15) is 0 Å². The first kappa shape index (κ1) is 7.60. The molecule has 0 saturated carbocycles. The molecule has 0 saturated heterocycles. The molecule has 8 heavy (non-hydrogen) atoms. The molecule has 0 aromatic rings. The van der Waals surface area contributed by atoms with Gasteiger partial charge in [-0.25, -0.2) is 0 Å². The van der Waals surface area contributed by atoms with E-state index in [4.69, 9.17) is 0 Å². The summed E-state index contributed by atoms with van der Waals surface area (Å²) in [7, 11) is 1.06. The Hall–Kier alpha value is -0.395. The van der Waals surface area contributed by atoms with Gasteiger partial charge >= 0.3 is 0 Å². The van der Waals surface area contributed by atoms with E-state index < -0.39 is 0 Å². The lowest BCUT2D eigenvalue weighted by Crippen LogP contribution is -2.15. The Labute approximate surface area is 52.4 Å². The highest BCUT2D eigenvalue weighted by Crippen LogP contribution is 1.87. The van der Waals surface area contributed by atoms with Crippen LogP contribution >= 0.6 is 0 Å². The predicted molar refractivity (Wildman–Crippen MR) is 40.2 cm³/mol. The molecular weight excluding hydrogens is 96.9 g/mol. The quantitative estimate of drug-likeness (QED) is 0.539. The van der Waals surface area contributed by atoms with Gasteiger partial charge in [-0.15, -0.1) is 0 Å². The largest absolute Gasteiger partial charge is 0.435 e. The summed E-state index contributed by atoms with van der Waals surface area (Å²) in [6, 6.07) is 0. The molecule has 0 atom stereocenters. The summed E-state index contributed by atoms with van der Waals surface area (Å²) in [5.41, 5.74) is 1.15. The highest BCUT2D eigenvalue weighted by molar-refractivity contribution is 6.32. The molecule has 0 fully saturated rings. The number of nitrogens with one attached hydrogen (secondary N) is 1. The second-order valence-corrected chi connectivity index (χ2v) is 1.88. The molecule has 1 nitrogen and oxygen atoms in total. The Balaban J connectivity index is 2.99. The minimum absolute atomic E-state index is 1.04. The Morgan fingerprint density at radius 3 is 2.62 bits per heavy atom. The van der Waals surface area contributed by atoms with Gasteiger partial charge < -0.3 is 5.23 Å². The number of hydrogen-bond donors (Lipinski definition) is 1. The first-order valence-corrected chi connectivity index (χ1v) is 3.22. The standard InChI is InChI=1S/C6H14BN/c1-4-6(3)8-7-5-2/h7-8H,3-5H2,1-2H3. The monoisotopic (exact) mass is 111 g/mol. The summed E-state index contributed by atoms with van der Waals surface area (Å²) in [6.07, 6.45) is 2.22. The first-order valence-electron chi connectivity index (χ1n) is 3.22. The van der Waals surface area contributed by atoms with Crippen molar-refractivity contribution in [1.82, 2.24) is 5.23 Å². The SMILES string of the molecule is C=C(CC)NBCC. The molecule has 0 bridgehead atoms. The summed E-state index contributed by atoms with van der Waals surface area (Å²) in [6.45, 7) is 8.05. The summed E-state index contributed by atoms with van der Waals surface area (Å²) in [5.74, 6) is 0. The lowest BCUT2D eigenvalue weighted by atomic mass is 9.90. The molecule has 0 radical (unpaired) electrons. The van der Waals surface area contributed by atoms with Crippen LogP contribution in [0.3, 0.4) is 0 Å². The van der Waals surface area contributed by atoms with Crippen molar-refractivity contribution in [3.05, 3.63) is 12.3 Å². The third-order valence-corrected chi connectivity index (χ3v) is 1.05. The van der Waals surface area contributed by atoms with Gasteiger partial charge in [-0.05, 0) is 12.1 Å². The lowest BCUT2D eigenvalue weighted by Gasteiger charge is -2.01. The zero-order chi connectivity index (χ0) is 6.41. The van der Waals surface area contributed by atoms with Crippen molar-refractivity contribution < 1.29 is 0 Å². The minimum Gasteiger partial charge on any atom is -0.435 e. The molecule has 0 spiro atoms. The van der Waals surface area contributed by atoms with Gasteiger partial charge in [0.05, 0.1) is 0 Å². The van der Waals surface area contributed by atoms with Crippen LogP contribution in [0, 0.1) is 0 Å². The molecule has 0 heterocycles. The molecule has 2 heteroatoms. The van der Waals surface area contributed by atoms with E-state index in [9.17, 15) is 0 Å². The molecule has 0 aromatic heterocycles. The Bertz CT molecular complexity index is 70.9. The average Bonchev–Trinajstić information content (AvgIpc) is 1.83. The molecule has 0 unspecified atom stereocenters. The van der Waals surface area contributed by atoms with E-state index in [1.807, 2.05) is 0 Å². The van der Waals surface area contributed by atoms with Crippen molar-refractivity contribution in [2.45, 2.75) is 26.6 Å². The van der Waals surface area contributed by atoms with Crippen LogP contribution < -0.4 is 5.23 Å². The number of rotatable bonds is 4. The number of hydrogen-bond acceptors (Lipinski definition) is 1. The van der Waals surface area contributed by atoms with Gasteiger partial charge in [0.1, 0.15) is 0 Å². The maximum Gasteiger partial charge on any atom is 0.232 e. The smallest absolute Gasteiger partial charge is 0.232 e. The van der Waals surface area contributed by atoms with Crippen molar-refractivity contribution in [2.24, 2.45) is 0 Å². The van der Waals surface area contributed by atoms with Crippen LogP contribution in [0.15, 0.2) is 12.3 Å². The minimum atomic E-state index is 1.04. The van der Waals surface area contributed by atoms with Crippen molar-refractivity contribution in [1.29, 1.82) is 0 Å². The molecule has 0 aliphatic heterocycles. The summed E-state index contributed by atoms with van der Waals surface area (Å²) < 4.78 is 0. The molecule has 46 valence electrons. The molecular formula is C6H14BN. The lowest BCUT2D eigenvalue weighted by molar-refractivity contribution is 1.01. The molecule has 0 aliphatic rings. The highest BCUT2D eigenvalue weighted by Gasteiger charge is 1.85. The molecule has 0 amide bonds. The Morgan fingerprint density at radius 1 is 1.62 bits per heavy atom. The maximum absolute atomic E-state index is 3.80. The van der Waals surface area contributed by atoms with Crippen LogP contribution in [-0.4, -0.2) is 7.41 Å². The summed E-state index contributed by atoms with van der Waals surface area (Å²) >= 11 is 0. The van der Waals surface area contributed by atoms with Gasteiger partial charge in [0.15, 0.2) is 0 Å². The first-order chi connectivity index (χ1) is 3.81. The van der Waals surface area contributed by atoms with Crippen LogP contribution in [0.5, 0.6) is 0 Å². The van der Waals surface area contributed by atoms with E-state index in [0.717, 1.165) is 19.5 Å². The molecule has 1 N–H and O–H groups in total. The van der Waals surface area contributed by atoms with E-state index in [-0.39, 0.29) is 0 Å². The van der Waals surface area contributed by atoms with Crippen LogP contribution in [0.25, 0.3) is 0 Å². The zero-order valence-corrected chi connectivity index (χ0v) is 5.83. The van der Waals surface area contributed by atoms with Crippen molar-refractivity contribution >= 4 is 7.41 Å². The van der Waals surface area contributed by atoms with E-state index in [2.05, 4.69) is 25.7 Å². The number of allylic oxidation sites excluding steroid dienone is 1. The molecule has 0 aliphatic carbocycles. The van der Waals surface area contributed by atoms with Crippen molar-refractivity contribution in [3.8, 4) is 0 Å². The Morgan fingerprint density at radius 2 is 2.25 bits per heavy atom. The third-order valence-electron chi connectivity index (χ3n) is 1.05. The summed E-state index contributed by atoms with van der Waals surface area (Å²) in [4.78, 5) is 0. The van der Waals surface area contributed by atoms with Gasteiger partial charge in [0.25, 0.3) is 0 Å². The molecule has 0 aromatic carbocycles. The van der Waals surface area contributed by atoms with Crippen LogP contribution in [0.2, 0.25) is 6.32 Å². The van der Waals surface area contributed by atoms with Crippen molar-refractivity contribution in [2.75, 3.05) is 0 Å². The van der Waals surface area contributed by atoms with E-state index >= 15 is 0 Å². The maximum atomic E-state index is 3.80. The average molecular weight is 111 g/mol. The normalized spacial score (nSPS) is 8.25. The fraction of sp³-hybridized carbons (Fsp3) is 0.667. The third kappa shape index (κ3) is 3.78. The fourth-order valence-electron chi connectivity index (χ4n) is 0.427. The molecule has 0 rings (SSSR count). The Kier molecular flexibility index (Phi) is 4.52.